The second-order valence-corrected chi connectivity index (χ2v) is 10.5. The zero-order chi connectivity index (χ0) is 26.5. The van der Waals surface area contributed by atoms with Crippen LogP contribution in [-0.2, 0) is 16.1 Å². The van der Waals surface area contributed by atoms with Crippen molar-refractivity contribution in [3.05, 3.63) is 81.3 Å². The largest absolute Gasteiger partial charge is 0.493 e. The van der Waals surface area contributed by atoms with Gasteiger partial charge in [0.15, 0.2) is 16.7 Å². The second-order valence-electron chi connectivity index (χ2n) is 8.00. The summed E-state index contributed by atoms with van der Waals surface area (Å²) in [4.78, 5) is 32.7. The first-order valence-electron chi connectivity index (χ1n) is 11.0. The fourth-order valence-electron chi connectivity index (χ4n) is 3.63. The SMILES string of the molecule is COc1ccc(CN2C(=O)CC(C(=O)Nc3cc(Cl)cc(Cl)c3)SC2=Nc2ccc(Cl)cc2)cc1OC. The number of rotatable bonds is 7. The number of nitrogens with one attached hydrogen (secondary N) is 1. The number of thioether (sulfide) groups is 1. The van der Waals surface area contributed by atoms with Crippen LogP contribution in [0.2, 0.25) is 15.1 Å². The normalized spacial score (nSPS) is 16.6. The highest BCUT2D eigenvalue weighted by atomic mass is 35.5. The maximum Gasteiger partial charge on any atom is 0.238 e. The monoisotopic (exact) mass is 577 g/mol. The van der Waals surface area contributed by atoms with Crippen LogP contribution in [0, 0.1) is 0 Å². The molecular formula is C26H22Cl3N3O4S. The van der Waals surface area contributed by atoms with E-state index < -0.39 is 5.25 Å². The molecule has 0 aliphatic carbocycles. The number of nitrogens with zero attached hydrogens (tertiary/aromatic N) is 2. The second kappa shape index (κ2) is 12.1. The van der Waals surface area contributed by atoms with E-state index in [1.165, 1.54) is 11.8 Å². The molecule has 37 heavy (non-hydrogen) atoms. The van der Waals surface area contributed by atoms with Crippen LogP contribution in [0.4, 0.5) is 11.4 Å². The van der Waals surface area contributed by atoms with Crippen LogP contribution in [0.3, 0.4) is 0 Å². The molecule has 1 fully saturated rings. The Balaban J connectivity index is 1.62. The van der Waals surface area contributed by atoms with E-state index >= 15 is 0 Å². The van der Waals surface area contributed by atoms with Crippen molar-refractivity contribution in [2.45, 2.75) is 18.2 Å². The van der Waals surface area contributed by atoms with Crippen molar-refractivity contribution in [2.75, 3.05) is 19.5 Å². The first-order chi connectivity index (χ1) is 17.7. The minimum absolute atomic E-state index is 0.0161. The summed E-state index contributed by atoms with van der Waals surface area (Å²) >= 11 is 19.3. The van der Waals surface area contributed by atoms with Gasteiger partial charge in [-0.25, -0.2) is 4.99 Å². The number of hydrogen-bond acceptors (Lipinski definition) is 6. The number of hydrogen-bond donors (Lipinski definition) is 1. The van der Waals surface area contributed by atoms with Crippen molar-refractivity contribution < 1.29 is 19.1 Å². The summed E-state index contributed by atoms with van der Waals surface area (Å²) in [6.45, 7) is 0.233. The standard InChI is InChI=1S/C26H22Cl3N3O4S/c1-35-21-8-3-15(9-22(21)36-2)14-32-24(33)13-23(25(34)30-20-11-17(28)10-18(29)12-20)37-26(32)31-19-6-4-16(27)5-7-19/h3-12,23H,13-14H2,1-2H3,(H,30,34). The summed E-state index contributed by atoms with van der Waals surface area (Å²) in [7, 11) is 3.11. The number of amides is 2. The van der Waals surface area contributed by atoms with Gasteiger partial charge in [0.1, 0.15) is 5.25 Å². The Morgan fingerprint density at radius 2 is 1.65 bits per heavy atom. The van der Waals surface area contributed by atoms with Gasteiger partial charge in [-0.3, -0.25) is 14.5 Å². The Hall–Kier alpha value is -2.91. The lowest BCUT2D eigenvalue weighted by molar-refractivity contribution is -0.129. The van der Waals surface area contributed by atoms with Crippen molar-refractivity contribution in [3.8, 4) is 11.5 Å². The van der Waals surface area contributed by atoms with E-state index in [-0.39, 0.29) is 24.8 Å². The topological polar surface area (TPSA) is 80.2 Å². The minimum atomic E-state index is -0.710. The molecule has 1 aliphatic heterocycles. The Bertz CT molecular complexity index is 1330. The van der Waals surface area contributed by atoms with Gasteiger partial charge in [-0.15, -0.1) is 0 Å². The Morgan fingerprint density at radius 3 is 2.30 bits per heavy atom. The lowest BCUT2D eigenvalue weighted by Crippen LogP contribution is -2.44. The molecular weight excluding hydrogens is 557 g/mol. The molecule has 1 unspecified atom stereocenters. The molecule has 1 aliphatic rings. The molecule has 3 aromatic carbocycles. The van der Waals surface area contributed by atoms with Crippen molar-refractivity contribution >= 4 is 74.9 Å². The van der Waals surface area contributed by atoms with Crippen LogP contribution >= 0.6 is 46.6 Å². The molecule has 0 bridgehead atoms. The maximum absolute atomic E-state index is 13.3. The third kappa shape index (κ3) is 6.90. The zero-order valence-electron chi connectivity index (χ0n) is 19.8. The predicted molar refractivity (Wildman–Crippen MR) is 150 cm³/mol. The van der Waals surface area contributed by atoms with E-state index in [9.17, 15) is 9.59 Å². The van der Waals surface area contributed by atoms with Crippen LogP contribution in [0.15, 0.2) is 65.7 Å². The molecule has 0 aromatic heterocycles. The molecule has 1 N–H and O–H groups in total. The molecule has 3 aromatic rings. The van der Waals surface area contributed by atoms with Crippen LogP contribution in [-0.4, -0.2) is 41.4 Å². The molecule has 1 heterocycles. The van der Waals surface area contributed by atoms with Gasteiger partial charge in [0, 0.05) is 27.2 Å². The first-order valence-corrected chi connectivity index (χ1v) is 13.1. The number of carbonyl (C=O) groups is 2. The van der Waals surface area contributed by atoms with E-state index in [0.29, 0.717) is 43.1 Å². The quantitative estimate of drug-likeness (QED) is 0.333. The van der Waals surface area contributed by atoms with Crippen molar-refractivity contribution in [2.24, 2.45) is 4.99 Å². The van der Waals surface area contributed by atoms with Crippen molar-refractivity contribution in [3.63, 3.8) is 0 Å². The van der Waals surface area contributed by atoms with Crippen LogP contribution in [0.25, 0.3) is 0 Å². The molecule has 0 spiro atoms. The lowest BCUT2D eigenvalue weighted by atomic mass is 10.1. The van der Waals surface area contributed by atoms with Crippen molar-refractivity contribution in [1.82, 2.24) is 4.90 Å². The summed E-state index contributed by atoms with van der Waals surface area (Å²) in [5.74, 6) is 0.529. The highest BCUT2D eigenvalue weighted by Gasteiger charge is 2.36. The first kappa shape index (κ1) is 27.1. The van der Waals surface area contributed by atoms with Gasteiger partial charge < -0.3 is 14.8 Å². The van der Waals surface area contributed by atoms with Crippen molar-refractivity contribution in [1.29, 1.82) is 0 Å². The van der Waals surface area contributed by atoms with Gasteiger partial charge in [-0.05, 0) is 60.2 Å². The highest BCUT2D eigenvalue weighted by molar-refractivity contribution is 8.15. The number of ether oxygens (including phenoxy) is 2. The van der Waals surface area contributed by atoms with Gasteiger partial charge in [-0.1, -0.05) is 52.6 Å². The molecule has 0 saturated carbocycles. The van der Waals surface area contributed by atoms with E-state index in [0.717, 1.165) is 5.56 Å². The lowest BCUT2D eigenvalue weighted by Gasteiger charge is -2.32. The molecule has 7 nitrogen and oxygen atoms in total. The fraction of sp³-hybridized carbons (Fsp3) is 0.192. The number of amidine groups is 1. The van der Waals surface area contributed by atoms with Crippen LogP contribution in [0.1, 0.15) is 12.0 Å². The average molecular weight is 579 g/mol. The summed E-state index contributed by atoms with van der Waals surface area (Å²) < 4.78 is 10.7. The zero-order valence-corrected chi connectivity index (χ0v) is 22.9. The van der Waals surface area contributed by atoms with E-state index in [1.54, 1.807) is 73.7 Å². The molecule has 11 heteroatoms. The van der Waals surface area contributed by atoms with Gasteiger partial charge in [0.05, 0.1) is 26.5 Å². The number of aliphatic imine (C=N–C) groups is 1. The number of methoxy groups -OCH3 is 2. The summed E-state index contributed by atoms with van der Waals surface area (Å²) in [6.07, 6.45) is -0.0161. The van der Waals surface area contributed by atoms with E-state index in [2.05, 4.69) is 10.3 Å². The number of anilines is 1. The molecule has 192 valence electrons. The molecule has 1 atom stereocenters. The Kier molecular flexibility index (Phi) is 8.87. The third-order valence-corrected chi connectivity index (χ3v) is 7.28. The fourth-order valence-corrected chi connectivity index (χ4v) is 5.38. The molecule has 2 amide bonds. The molecule has 1 saturated heterocycles. The summed E-state index contributed by atoms with van der Waals surface area (Å²) in [5, 5.41) is 3.82. The summed E-state index contributed by atoms with van der Waals surface area (Å²) in [5.41, 5.74) is 1.85. The third-order valence-electron chi connectivity index (χ3n) is 5.40. The smallest absolute Gasteiger partial charge is 0.238 e. The Morgan fingerprint density at radius 1 is 0.973 bits per heavy atom. The highest BCUT2D eigenvalue weighted by Crippen LogP contribution is 2.34. The molecule has 0 radical (unpaired) electrons. The van der Waals surface area contributed by atoms with Crippen LogP contribution in [0.5, 0.6) is 11.5 Å². The summed E-state index contributed by atoms with van der Waals surface area (Å²) in [6, 6.07) is 17.1. The van der Waals surface area contributed by atoms with Gasteiger partial charge >= 0.3 is 0 Å². The Labute approximate surface area is 233 Å². The predicted octanol–water partition coefficient (Wildman–Crippen LogP) is 6.82. The number of carbonyl (C=O) groups excluding carboxylic acids is 2. The van der Waals surface area contributed by atoms with Crippen LogP contribution < -0.4 is 14.8 Å². The maximum atomic E-state index is 13.3. The van der Waals surface area contributed by atoms with Gasteiger partial charge in [0.25, 0.3) is 0 Å². The van der Waals surface area contributed by atoms with Gasteiger partial charge in [-0.2, -0.15) is 0 Å². The number of benzene rings is 3. The van der Waals surface area contributed by atoms with E-state index in [1.807, 2.05) is 6.07 Å². The van der Waals surface area contributed by atoms with Gasteiger partial charge in [0.2, 0.25) is 11.8 Å². The molecule has 4 rings (SSSR count). The number of halogens is 3. The minimum Gasteiger partial charge on any atom is -0.493 e. The van der Waals surface area contributed by atoms with E-state index in [4.69, 9.17) is 44.3 Å². The average Bonchev–Trinajstić information content (AvgIpc) is 2.86.